The molecule has 1 unspecified atom stereocenters. The molecule has 0 aromatic rings. The van der Waals surface area contributed by atoms with Crippen LogP contribution in [0.3, 0.4) is 0 Å². The summed E-state index contributed by atoms with van der Waals surface area (Å²) in [4.78, 5) is 0. The van der Waals surface area contributed by atoms with Crippen molar-refractivity contribution in [3.63, 3.8) is 0 Å². The molecular weight excluding hydrogens is 248 g/mol. The van der Waals surface area contributed by atoms with Gasteiger partial charge in [-0.05, 0) is 24.0 Å². The maximum Gasteiger partial charge on any atom is 0.0666 e. The number of hydrogen-bond donors (Lipinski definition) is 0. The van der Waals surface area contributed by atoms with Crippen molar-refractivity contribution in [2.75, 3.05) is 23.4 Å². The van der Waals surface area contributed by atoms with Gasteiger partial charge < -0.3 is 4.74 Å². The molecule has 1 nitrogen and oxygen atoms in total. The molecule has 0 aliphatic carbocycles. The van der Waals surface area contributed by atoms with Crippen LogP contribution in [0.5, 0.6) is 0 Å². The minimum absolute atomic E-state index is 0.420. The molecule has 78 valence electrons. The first-order valence-electron chi connectivity index (χ1n) is 4.89. The van der Waals surface area contributed by atoms with Crippen LogP contribution >= 0.6 is 27.7 Å². The second-order valence-electron chi connectivity index (χ2n) is 4.45. The maximum atomic E-state index is 5.57. The summed E-state index contributed by atoms with van der Waals surface area (Å²) in [6, 6.07) is 0. The zero-order chi connectivity index (χ0) is 9.73. The molecule has 1 rings (SSSR count). The first-order valence-corrected chi connectivity index (χ1v) is 7.17. The van der Waals surface area contributed by atoms with Gasteiger partial charge in [-0.2, -0.15) is 11.8 Å². The van der Waals surface area contributed by atoms with Gasteiger partial charge in [-0.3, -0.25) is 0 Å². The van der Waals surface area contributed by atoms with Gasteiger partial charge >= 0.3 is 0 Å². The molecule has 0 bridgehead atoms. The number of rotatable bonds is 5. The second-order valence-corrected chi connectivity index (χ2v) is 6.04. The Labute approximate surface area is 94.1 Å². The first kappa shape index (κ1) is 11.9. The van der Waals surface area contributed by atoms with Crippen molar-refractivity contribution in [1.29, 1.82) is 0 Å². The molecule has 0 amide bonds. The molecular formula is C10H19BrOS. The van der Waals surface area contributed by atoms with Gasteiger partial charge in [0.2, 0.25) is 0 Å². The van der Waals surface area contributed by atoms with Gasteiger partial charge in [0.25, 0.3) is 0 Å². The minimum atomic E-state index is 0.420. The Hall–Kier alpha value is 0.790. The highest BCUT2D eigenvalue weighted by Crippen LogP contribution is 2.26. The van der Waals surface area contributed by atoms with Crippen LogP contribution in [0, 0.1) is 5.41 Å². The molecule has 1 fully saturated rings. The molecule has 0 spiro atoms. The second kappa shape index (κ2) is 5.62. The summed E-state index contributed by atoms with van der Waals surface area (Å²) in [7, 11) is 0. The topological polar surface area (TPSA) is 9.23 Å². The van der Waals surface area contributed by atoms with Crippen molar-refractivity contribution >= 4 is 27.7 Å². The summed E-state index contributed by atoms with van der Waals surface area (Å²) < 4.78 is 5.57. The lowest BCUT2D eigenvalue weighted by molar-refractivity contribution is 0.129. The Morgan fingerprint density at radius 1 is 1.54 bits per heavy atom. The number of alkyl halides is 1. The predicted octanol–water partition coefficient (Wildman–Crippen LogP) is 3.32. The van der Waals surface area contributed by atoms with E-state index in [-0.39, 0.29) is 0 Å². The Morgan fingerprint density at radius 3 is 2.85 bits per heavy atom. The molecule has 1 aliphatic rings. The van der Waals surface area contributed by atoms with Crippen LogP contribution in [-0.2, 0) is 4.74 Å². The Balaban J connectivity index is 2.06. The lowest BCUT2D eigenvalue weighted by Crippen LogP contribution is -2.18. The minimum Gasteiger partial charge on any atom is -0.377 e. The van der Waals surface area contributed by atoms with Gasteiger partial charge in [0.15, 0.2) is 0 Å². The lowest BCUT2D eigenvalue weighted by atomic mass is 10.0. The molecule has 0 radical (unpaired) electrons. The zero-order valence-corrected chi connectivity index (χ0v) is 10.9. The van der Waals surface area contributed by atoms with Crippen LogP contribution in [0.2, 0.25) is 0 Å². The number of hydrogen-bond acceptors (Lipinski definition) is 2. The van der Waals surface area contributed by atoms with Crippen molar-refractivity contribution in [3.05, 3.63) is 0 Å². The zero-order valence-electron chi connectivity index (χ0n) is 8.51. The molecule has 0 aromatic carbocycles. The molecule has 13 heavy (non-hydrogen) atoms. The van der Waals surface area contributed by atoms with E-state index in [0.717, 1.165) is 11.9 Å². The average molecular weight is 267 g/mol. The summed E-state index contributed by atoms with van der Waals surface area (Å²) in [6.45, 7) is 5.57. The molecule has 0 saturated carbocycles. The Kier molecular flexibility index (Phi) is 5.13. The molecule has 1 heterocycles. The third-order valence-corrected chi connectivity index (χ3v) is 5.29. The monoisotopic (exact) mass is 266 g/mol. The predicted molar refractivity (Wildman–Crippen MR) is 63.9 cm³/mol. The fourth-order valence-corrected chi connectivity index (χ4v) is 3.04. The highest BCUT2D eigenvalue weighted by Gasteiger charge is 2.19. The third-order valence-electron chi connectivity index (χ3n) is 2.18. The Bertz CT molecular complexity index is 144. The SMILES string of the molecule is CC(C)(CBr)CSCC1CCCO1. The average Bonchev–Trinajstić information content (AvgIpc) is 2.57. The van der Waals surface area contributed by atoms with Gasteiger partial charge in [-0.1, -0.05) is 29.8 Å². The van der Waals surface area contributed by atoms with E-state index in [1.807, 2.05) is 11.8 Å². The fraction of sp³-hybridized carbons (Fsp3) is 1.00. The van der Waals surface area contributed by atoms with E-state index < -0.39 is 0 Å². The fourth-order valence-electron chi connectivity index (χ4n) is 1.28. The van der Waals surface area contributed by atoms with E-state index in [2.05, 4.69) is 29.8 Å². The van der Waals surface area contributed by atoms with E-state index in [1.54, 1.807) is 0 Å². The van der Waals surface area contributed by atoms with Crippen molar-refractivity contribution < 1.29 is 4.74 Å². The summed E-state index contributed by atoms with van der Waals surface area (Å²) >= 11 is 5.57. The summed E-state index contributed by atoms with van der Waals surface area (Å²) in [6.07, 6.45) is 3.06. The lowest BCUT2D eigenvalue weighted by Gasteiger charge is -2.21. The smallest absolute Gasteiger partial charge is 0.0666 e. The van der Waals surface area contributed by atoms with Gasteiger partial charge in [0.05, 0.1) is 6.10 Å². The van der Waals surface area contributed by atoms with E-state index in [4.69, 9.17) is 4.74 Å². The van der Waals surface area contributed by atoms with Gasteiger partial charge in [-0.25, -0.2) is 0 Å². The number of thioether (sulfide) groups is 1. The first-order chi connectivity index (χ1) is 6.14. The summed E-state index contributed by atoms with van der Waals surface area (Å²) in [5.41, 5.74) is 0.420. The van der Waals surface area contributed by atoms with Gasteiger partial charge in [-0.15, -0.1) is 0 Å². The van der Waals surface area contributed by atoms with Crippen molar-refractivity contribution in [3.8, 4) is 0 Å². The maximum absolute atomic E-state index is 5.57. The van der Waals surface area contributed by atoms with Crippen molar-refractivity contribution in [2.24, 2.45) is 5.41 Å². The van der Waals surface area contributed by atoms with Crippen molar-refractivity contribution in [1.82, 2.24) is 0 Å². The Morgan fingerprint density at radius 2 is 2.31 bits per heavy atom. The van der Waals surface area contributed by atoms with E-state index in [0.29, 0.717) is 11.5 Å². The van der Waals surface area contributed by atoms with Crippen LogP contribution in [-0.4, -0.2) is 29.5 Å². The quantitative estimate of drug-likeness (QED) is 0.707. The largest absolute Gasteiger partial charge is 0.377 e. The molecule has 0 aromatic heterocycles. The van der Waals surface area contributed by atoms with Crippen LogP contribution in [0.1, 0.15) is 26.7 Å². The third kappa shape index (κ3) is 4.71. The molecule has 1 aliphatic heterocycles. The van der Waals surface area contributed by atoms with Crippen LogP contribution in [0.4, 0.5) is 0 Å². The highest BCUT2D eigenvalue weighted by atomic mass is 79.9. The molecule has 1 saturated heterocycles. The van der Waals surface area contributed by atoms with Crippen LogP contribution in [0.25, 0.3) is 0 Å². The number of ether oxygens (including phenoxy) is 1. The van der Waals surface area contributed by atoms with E-state index in [9.17, 15) is 0 Å². The number of halogens is 1. The highest BCUT2D eigenvalue weighted by molar-refractivity contribution is 9.09. The standard InChI is InChI=1S/C10H19BrOS/c1-10(2,7-11)8-13-6-9-4-3-5-12-9/h9H,3-8H2,1-2H3. The van der Waals surface area contributed by atoms with Crippen LogP contribution < -0.4 is 0 Å². The normalized spacial score (nSPS) is 23.8. The van der Waals surface area contributed by atoms with Gasteiger partial charge in [0.1, 0.15) is 0 Å². The van der Waals surface area contributed by atoms with Gasteiger partial charge in [0, 0.05) is 17.7 Å². The summed E-state index contributed by atoms with van der Waals surface area (Å²) in [5, 5.41) is 1.08. The molecule has 0 N–H and O–H groups in total. The van der Waals surface area contributed by atoms with Crippen molar-refractivity contribution in [2.45, 2.75) is 32.8 Å². The summed E-state index contributed by atoms with van der Waals surface area (Å²) in [5.74, 6) is 2.40. The molecule has 3 heteroatoms. The molecule has 1 atom stereocenters. The van der Waals surface area contributed by atoms with E-state index in [1.165, 1.54) is 24.3 Å². The van der Waals surface area contributed by atoms with Crippen LogP contribution in [0.15, 0.2) is 0 Å². The van der Waals surface area contributed by atoms with E-state index >= 15 is 0 Å².